The summed E-state index contributed by atoms with van der Waals surface area (Å²) in [5.41, 5.74) is 8.09. The first kappa shape index (κ1) is 17.3. The number of nitrogens with one attached hydrogen (secondary N) is 1. The van der Waals surface area contributed by atoms with Crippen molar-refractivity contribution in [3.63, 3.8) is 0 Å². The number of hydrogen-bond acceptors (Lipinski definition) is 4. The lowest BCUT2D eigenvalue weighted by molar-refractivity contribution is 0.100. The highest BCUT2D eigenvalue weighted by molar-refractivity contribution is 5.98. The predicted octanol–water partition coefficient (Wildman–Crippen LogP) is 2.41. The Morgan fingerprint density at radius 2 is 1.68 bits per heavy atom. The zero-order valence-corrected chi connectivity index (χ0v) is 14.7. The van der Waals surface area contributed by atoms with Crippen molar-refractivity contribution in [3.8, 4) is 0 Å². The maximum Gasteiger partial charge on any atom is 0.250 e. The van der Waals surface area contributed by atoms with E-state index in [0.29, 0.717) is 11.6 Å². The molecule has 0 bridgehead atoms. The van der Waals surface area contributed by atoms with Gasteiger partial charge in [0.05, 0.1) is 5.56 Å². The van der Waals surface area contributed by atoms with E-state index >= 15 is 0 Å². The third-order valence-electron chi connectivity index (χ3n) is 4.84. The van der Waals surface area contributed by atoms with Crippen LogP contribution in [0.15, 0.2) is 54.6 Å². The fourth-order valence-corrected chi connectivity index (χ4v) is 3.30. The number of benzene rings is 2. The van der Waals surface area contributed by atoms with Crippen molar-refractivity contribution in [3.05, 3.63) is 60.2 Å². The second-order valence-corrected chi connectivity index (χ2v) is 6.50. The molecule has 3 rings (SSSR count). The van der Waals surface area contributed by atoms with Crippen molar-refractivity contribution in [1.29, 1.82) is 0 Å². The van der Waals surface area contributed by atoms with Gasteiger partial charge in [0.1, 0.15) is 0 Å². The van der Waals surface area contributed by atoms with Crippen molar-refractivity contribution in [2.75, 3.05) is 42.9 Å². The smallest absolute Gasteiger partial charge is 0.250 e. The summed E-state index contributed by atoms with van der Waals surface area (Å²) < 4.78 is 0. The number of carbonyl (C=O) groups is 1. The molecule has 25 heavy (non-hydrogen) atoms. The van der Waals surface area contributed by atoms with Gasteiger partial charge in [-0.05, 0) is 31.2 Å². The van der Waals surface area contributed by atoms with E-state index < -0.39 is 5.91 Å². The topological polar surface area (TPSA) is 61.6 Å². The Hall–Kier alpha value is -2.53. The van der Waals surface area contributed by atoms with E-state index in [4.69, 9.17) is 5.73 Å². The highest BCUT2D eigenvalue weighted by atomic mass is 16.1. The van der Waals surface area contributed by atoms with E-state index in [9.17, 15) is 4.79 Å². The SMILES string of the molecule is CC(CNc1ccccc1C(N)=O)N1CCN(c2ccccc2)CC1. The van der Waals surface area contributed by atoms with Crippen LogP contribution in [0, 0.1) is 0 Å². The van der Waals surface area contributed by atoms with Gasteiger partial charge >= 0.3 is 0 Å². The number of nitrogens with zero attached hydrogens (tertiary/aromatic N) is 2. The molecule has 0 aliphatic carbocycles. The van der Waals surface area contributed by atoms with Crippen LogP contribution in [0.2, 0.25) is 0 Å². The summed E-state index contributed by atoms with van der Waals surface area (Å²) in [7, 11) is 0. The van der Waals surface area contributed by atoms with Crippen molar-refractivity contribution in [1.82, 2.24) is 4.90 Å². The molecule has 2 aromatic rings. The molecule has 0 aromatic heterocycles. The summed E-state index contributed by atoms with van der Waals surface area (Å²) in [6.07, 6.45) is 0. The summed E-state index contributed by atoms with van der Waals surface area (Å²) in [5, 5.41) is 3.38. The first-order valence-electron chi connectivity index (χ1n) is 8.82. The molecule has 1 heterocycles. The Morgan fingerprint density at radius 1 is 1.04 bits per heavy atom. The van der Waals surface area contributed by atoms with E-state index in [1.807, 2.05) is 18.2 Å². The molecule has 5 nitrogen and oxygen atoms in total. The van der Waals surface area contributed by atoms with E-state index in [-0.39, 0.29) is 0 Å². The lowest BCUT2D eigenvalue weighted by Gasteiger charge is -2.39. The van der Waals surface area contributed by atoms with Gasteiger partial charge in [0.2, 0.25) is 0 Å². The van der Waals surface area contributed by atoms with Gasteiger partial charge < -0.3 is 16.0 Å². The van der Waals surface area contributed by atoms with Crippen LogP contribution in [0.1, 0.15) is 17.3 Å². The zero-order valence-electron chi connectivity index (χ0n) is 14.7. The van der Waals surface area contributed by atoms with Crippen LogP contribution in [0.4, 0.5) is 11.4 Å². The fraction of sp³-hybridized carbons (Fsp3) is 0.350. The van der Waals surface area contributed by atoms with Crippen molar-refractivity contribution in [2.24, 2.45) is 5.73 Å². The molecule has 132 valence electrons. The van der Waals surface area contributed by atoms with Crippen LogP contribution >= 0.6 is 0 Å². The standard InChI is InChI=1S/C20H26N4O/c1-16(15-22-19-10-6-5-9-18(19)20(21)25)23-11-13-24(14-12-23)17-7-3-2-4-8-17/h2-10,16,22H,11-15H2,1H3,(H2,21,25). The van der Waals surface area contributed by atoms with E-state index in [2.05, 4.69) is 52.4 Å². The van der Waals surface area contributed by atoms with Crippen molar-refractivity contribution >= 4 is 17.3 Å². The minimum absolute atomic E-state index is 0.388. The maximum absolute atomic E-state index is 11.5. The molecule has 1 aliphatic rings. The maximum atomic E-state index is 11.5. The number of nitrogens with two attached hydrogens (primary N) is 1. The largest absolute Gasteiger partial charge is 0.383 e. The molecular formula is C20H26N4O. The van der Waals surface area contributed by atoms with Crippen molar-refractivity contribution in [2.45, 2.75) is 13.0 Å². The van der Waals surface area contributed by atoms with Gasteiger partial charge in [-0.25, -0.2) is 0 Å². The number of primary amides is 1. The first-order valence-corrected chi connectivity index (χ1v) is 8.82. The molecule has 0 spiro atoms. The molecule has 1 amide bonds. The Morgan fingerprint density at radius 3 is 2.36 bits per heavy atom. The van der Waals surface area contributed by atoms with Gasteiger partial charge in [-0.1, -0.05) is 30.3 Å². The summed E-state index contributed by atoms with van der Waals surface area (Å²) in [6, 6.07) is 18.4. The lowest BCUT2D eigenvalue weighted by Crippen LogP contribution is -2.51. The van der Waals surface area contributed by atoms with Gasteiger partial charge in [0, 0.05) is 50.1 Å². The zero-order chi connectivity index (χ0) is 17.6. The second-order valence-electron chi connectivity index (χ2n) is 6.50. The fourth-order valence-electron chi connectivity index (χ4n) is 3.30. The number of anilines is 2. The highest BCUT2D eigenvalue weighted by Crippen LogP contribution is 2.18. The molecule has 1 atom stereocenters. The van der Waals surface area contributed by atoms with Crippen LogP contribution in [0.25, 0.3) is 0 Å². The Bertz CT molecular complexity index is 696. The minimum Gasteiger partial charge on any atom is -0.383 e. The van der Waals surface area contributed by atoms with Gasteiger partial charge in [-0.2, -0.15) is 0 Å². The molecular weight excluding hydrogens is 312 g/mol. The second kappa shape index (κ2) is 8.03. The monoisotopic (exact) mass is 338 g/mol. The third-order valence-corrected chi connectivity index (χ3v) is 4.84. The number of amides is 1. The molecule has 1 fully saturated rings. The predicted molar refractivity (Wildman–Crippen MR) is 103 cm³/mol. The van der Waals surface area contributed by atoms with Gasteiger partial charge in [0.25, 0.3) is 5.91 Å². The molecule has 1 saturated heterocycles. The minimum atomic E-state index is -0.396. The summed E-state index contributed by atoms with van der Waals surface area (Å²) in [6.45, 7) is 7.15. The Balaban J connectivity index is 1.52. The number of piperazine rings is 1. The summed E-state index contributed by atoms with van der Waals surface area (Å²) in [5.74, 6) is -0.396. The Labute approximate surface area is 149 Å². The van der Waals surface area contributed by atoms with Crippen molar-refractivity contribution < 1.29 is 4.79 Å². The number of carbonyl (C=O) groups excluding carboxylic acids is 1. The normalized spacial score (nSPS) is 16.4. The molecule has 1 aliphatic heterocycles. The summed E-state index contributed by atoms with van der Waals surface area (Å²) in [4.78, 5) is 16.4. The first-order chi connectivity index (χ1) is 12.1. The van der Waals surface area contributed by atoms with Crippen LogP contribution < -0.4 is 16.0 Å². The van der Waals surface area contributed by atoms with E-state index in [1.54, 1.807) is 6.07 Å². The molecule has 2 aromatic carbocycles. The van der Waals surface area contributed by atoms with E-state index in [1.165, 1.54) is 5.69 Å². The highest BCUT2D eigenvalue weighted by Gasteiger charge is 2.21. The van der Waals surface area contributed by atoms with E-state index in [0.717, 1.165) is 38.4 Å². The van der Waals surface area contributed by atoms with Crippen LogP contribution in [-0.2, 0) is 0 Å². The molecule has 0 radical (unpaired) electrons. The quantitative estimate of drug-likeness (QED) is 0.849. The molecule has 3 N–H and O–H groups in total. The van der Waals surface area contributed by atoms with Gasteiger partial charge in [0.15, 0.2) is 0 Å². The molecule has 0 saturated carbocycles. The molecule has 5 heteroatoms. The average Bonchev–Trinajstić information content (AvgIpc) is 2.67. The van der Waals surface area contributed by atoms with Gasteiger partial charge in [-0.3, -0.25) is 9.69 Å². The molecule has 1 unspecified atom stereocenters. The van der Waals surface area contributed by atoms with Crippen LogP contribution in [0.5, 0.6) is 0 Å². The summed E-state index contributed by atoms with van der Waals surface area (Å²) >= 11 is 0. The van der Waals surface area contributed by atoms with Crippen LogP contribution in [0.3, 0.4) is 0 Å². The number of hydrogen-bond donors (Lipinski definition) is 2. The lowest BCUT2D eigenvalue weighted by atomic mass is 10.1. The Kier molecular flexibility index (Phi) is 5.56. The average molecular weight is 338 g/mol. The van der Waals surface area contributed by atoms with Crippen LogP contribution in [-0.4, -0.2) is 49.6 Å². The van der Waals surface area contributed by atoms with Gasteiger partial charge in [-0.15, -0.1) is 0 Å². The number of rotatable bonds is 6. The third kappa shape index (κ3) is 4.31. The number of para-hydroxylation sites is 2.